The Labute approximate surface area is 313 Å². The molecule has 0 aliphatic carbocycles. The lowest BCUT2D eigenvalue weighted by molar-refractivity contribution is -0.364. The summed E-state index contributed by atoms with van der Waals surface area (Å²) < 4.78 is 40.2. The van der Waals surface area contributed by atoms with E-state index in [1.807, 2.05) is 0 Å². The molecule has 15 atom stereocenters. The summed E-state index contributed by atoms with van der Waals surface area (Å²) in [5.74, 6) is -2.46. The van der Waals surface area contributed by atoms with E-state index >= 15 is 0 Å². The third kappa shape index (κ3) is 10.2. The van der Waals surface area contributed by atoms with Crippen LogP contribution in [0.3, 0.4) is 0 Å². The van der Waals surface area contributed by atoms with Crippen LogP contribution in [0.2, 0.25) is 0 Å². The molecule has 3 saturated heterocycles. The van der Waals surface area contributed by atoms with Crippen LogP contribution in [0.15, 0.2) is 42.5 Å². The number of hydrogen-bond donors (Lipinski definition) is 12. The number of carbonyl (C=O) groups is 1. The van der Waals surface area contributed by atoms with Crippen LogP contribution in [0.4, 0.5) is 0 Å². The Morgan fingerprint density at radius 3 is 2.00 bits per heavy atom. The number of carbonyl (C=O) groups excluding carboxylic acids is 1. The Morgan fingerprint density at radius 2 is 1.33 bits per heavy atom. The highest BCUT2D eigenvalue weighted by Crippen LogP contribution is 2.33. The fraction of sp³-hybridized carbons (Fsp3) is 0.571. The zero-order chi connectivity index (χ0) is 40.1. The molecule has 0 aromatic heterocycles. The molecule has 0 bridgehead atoms. The molecule has 20 heteroatoms. The van der Waals surface area contributed by atoms with Crippen LogP contribution in [0, 0.1) is 0 Å². The van der Waals surface area contributed by atoms with Gasteiger partial charge in [-0.05, 0) is 54.8 Å². The van der Waals surface area contributed by atoms with Gasteiger partial charge in [-0.25, -0.2) is 4.79 Å². The summed E-state index contributed by atoms with van der Waals surface area (Å²) in [6, 6.07) is 7.55. The Kier molecular flexibility index (Phi) is 14.3. The standard InChI is InChI=1S/C35H46O20/c1-14-24(42)26(44)29(47)35(51-14)55-32-30(48)34(49-7-6-15-2-4-19(39)20(40)10-15)53-22(13-50-33-28(46)27(45)25(43)21(12-36)52-33)31(32)54-23(41)5-3-16-8-17(37)11-18(38)9-16/h2-5,8-11,14,21-22,24-40,42-48H,6-7,12-13H2,1H3/t14-,21+,22+,24-,25+,26+,27-,28+,29+,30+,31+,32+,33+,34+,35-/m0/s1. The SMILES string of the molecule is C[C@@H]1O[C@@H](O[C@@H]2[C@@H](O)[C@H](OCCc3ccc(O)c(O)c3)O[C@H](CO[C@@H]3O[C@H](CO)[C@@H](O)[C@H](O)[C@H]3O)[C@H]2OC(=O)C=Cc2cc(O)cc(O)c2)[C@H](O)[C@H](O)[C@H]1O. The van der Waals surface area contributed by atoms with Gasteiger partial charge in [0, 0.05) is 12.1 Å². The quantitative estimate of drug-likeness (QED) is 0.0541. The number of aliphatic hydroxyl groups excluding tert-OH is 8. The molecule has 20 nitrogen and oxygen atoms in total. The highest BCUT2D eigenvalue weighted by Gasteiger charge is 2.53. The summed E-state index contributed by atoms with van der Waals surface area (Å²) in [4.78, 5) is 13.3. The normalized spacial score (nSPS) is 36.9. The van der Waals surface area contributed by atoms with E-state index in [1.165, 1.54) is 43.3 Å². The van der Waals surface area contributed by atoms with E-state index in [1.54, 1.807) is 0 Å². The van der Waals surface area contributed by atoms with E-state index in [-0.39, 0.29) is 35.8 Å². The molecule has 3 heterocycles. The fourth-order valence-corrected chi connectivity index (χ4v) is 6.21. The number of aromatic hydroxyl groups is 4. The molecule has 12 N–H and O–H groups in total. The molecule has 5 rings (SSSR count). The summed E-state index contributed by atoms with van der Waals surface area (Å²) in [5, 5.41) is 123. The summed E-state index contributed by atoms with van der Waals surface area (Å²) >= 11 is 0. The lowest BCUT2D eigenvalue weighted by Crippen LogP contribution is -2.65. The summed E-state index contributed by atoms with van der Waals surface area (Å²) in [5.41, 5.74) is 0.690. The molecule has 3 aliphatic heterocycles. The summed E-state index contributed by atoms with van der Waals surface area (Å²) in [6.45, 7) is -0.266. The molecule has 0 radical (unpaired) electrons. The van der Waals surface area contributed by atoms with Crippen molar-refractivity contribution in [2.75, 3.05) is 19.8 Å². The maximum absolute atomic E-state index is 13.3. The molecule has 2 aromatic rings. The lowest BCUT2D eigenvalue weighted by atomic mass is 9.96. The van der Waals surface area contributed by atoms with Crippen LogP contribution in [-0.2, 0) is 44.4 Å². The smallest absolute Gasteiger partial charge is 0.331 e. The second-order valence-electron chi connectivity index (χ2n) is 13.3. The molecule has 55 heavy (non-hydrogen) atoms. The van der Waals surface area contributed by atoms with Crippen molar-refractivity contribution in [1.82, 2.24) is 0 Å². The van der Waals surface area contributed by atoms with Gasteiger partial charge in [0.25, 0.3) is 0 Å². The van der Waals surface area contributed by atoms with Crippen LogP contribution in [-0.4, -0.2) is 179 Å². The number of ether oxygens (including phenoxy) is 7. The third-order valence-electron chi connectivity index (χ3n) is 9.29. The van der Waals surface area contributed by atoms with E-state index in [0.717, 1.165) is 12.1 Å². The zero-order valence-electron chi connectivity index (χ0n) is 29.2. The first-order valence-corrected chi connectivity index (χ1v) is 17.2. The van der Waals surface area contributed by atoms with Crippen molar-refractivity contribution < 1.29 is 99.2 Å². The van der Waals surface area contributed by atoms with Crippen LogP contribution < -0.4 is 0 Å². The Hall–Kier alpha value is -3.71. The summed E-state index contributed by atoms with van der Waals surface area (Å²) in [6.07, 6.45) is -22.7. The number of esters is 1. The molecule has 0 unspecified atom stereocenters. The van der Waals surface area contributed by atoms with Gasteiger partial charge in [0.05, 0.1) is 25.9 Å². The van der Waals surface area contributed by atoms with Gasteiger partial charge in [-0.1, -0.05) is 6.07 Å². The predicted molar refractivity (Wildman–Crippen MR) is 180 cm³/mol. The van der Waals surface area contributed by atoms with Crippen molar-refractivity contribution in [2.45, 2.75) is 105 Å². The molecule has 0 amide bonds. The molecule has 306 valence electrons. The second kappa shape index (κ2) is 18.5. The van der Waals surface area contributed by atoms with Crippen molar-refractivity contribution in [3.05, 3.63) is 53.6 Å². The predicted octanol–water partition coefficient (Wildman–Crippen LogP) is -3.19. The van der Waals surface area contributed by atoms with Gasteiger partial charge in [-0.3, -0.25) is 0 Å². The van der Waals surface area contributed by atoms with Crippen molar-refractivity contribution in [1.29, 1.82) is 0 Å². The number of aliphatic hydroxyl groups is 8. The molecule has 0 spiro atoms. The highest BCUT2D eigenvalue weighted by atomic mass is 16.8. The fourth-order valence-electron chi connectivity index (χ4n) is 6.21. The van der Waals surface area contributed by atoms with Crippen LogP contribution in [0.25, 0.3) is 6.08 Å². The van der Waals surface area contributed by atoms with Crippen molar-refractivity contribution in [2.24, 2.45) is 0 Å². The van der Waals surface area contributed by atoms with Gasteiger partial charge in [0.2, 0.25) is 0 Å². The number of phenols is 4. The molecule has 2 aromatic carbocycles. The van der Waals surface area contributed by atoms with Gasteiger partial charge in [0.15, 0.2) is 36.5 Å². The van der Waals surface area contributed by atoms with E-state index in [9.17, 15) is 66.1 Å². The second-order valence-corrected chi connectivity index (χ2v) is 13.3. The highest BCUT2D eigenvalue weighted by molar-refractivity contribution is 5.87. The molecule has 3 aliphatic rings. The minimum atomic E-state index is -1.89. The summed E-state index contributed by atoms with van der Waals surface area (Å²) in [7, 11) is 0. The number of rotatable bonds is 13. The topological polar surface area (TPSA) is 324 Å². The maximum Gasteiger partial charge on any atom is 0.331 e. The van der Waals surface area contributed by atoms with Gasteiger partial charge in [-0.15, -0.1) is 0 Å². The maximum atomic E-state index is 13.3. The van der Waals surface area contributed by atoms with Gasteiger partial charge >= 0.3 is 5.97 Å². The first-order valence-electron chi connectivity index (χ1n) is 17.2. The molecular formula is C35H46O20. The minimum Gasteiger partial charge on any atom is -0.508 e. The van der Waals surface area contributed by atoms with Crippen molar-refractivity contribution in [3.8, 4) is 23.0 Å². The van der Waals surface area contributed by atoms with Crippen LogP contribution >= 0.6 is 0 Å². The number of hydrogen-bond acceptors (Lipinski definition) is 20. The van der Waals surface area contributed by atoms with Crippen molar-refractivity contribution >= 4 is 12.0 Å². The zero-order valence-corrected chi connectivity index (χ0v) is 29.2. The molecule has 0 saturated carbocycles. The number of benzene rings is 2. The van der Waals surface area contributed by atoms with Gasteiger partial charge in [0.1, 0.15) is 72.5 Å². The first kappa shape index (κ1) is 42.4. The Morgan fingerprint density at radius 1 is 0.691 bits per heavy atom. The first-order chi connectivity index (χ1) is 26.1. The van der Waals surface area contributed by atoms with Crippen LogP contribution in [0.1, 0.15) is 18.1 Å². The minimum absolute atomic E-state index is 0.109. The largest absolute Gasteiger partial charge is 0.508 e. The van der Waals surface area contributed by atoms with E-state index in [2.05, 4.69) is 0 Å². The monoisotopic (exact) mass is 786 g/mol. The van der Waals surface area contributed by atoms with Gasteiger partial charge < -0.3 is 94.4 Å². The molecular weight excluding hydrogens is 740 g/mol. The van der Waals surface area contributed by atoms with Crippen LogP contribution in [0.5, 0.6) is 23.0 Å². The van der Waals surface area contributed by atoms with E-state index < -0.39 is 117 Å². The molecule has 3 fully saturated rings. The third-order valence-corrected chi connectivity index (χ3v) is 9.29. The lowest BCUT2D eigenvalue weighted by Gasteiger charge is -2.47. The average molecular weight is 787 g/mol. The Bertz CT molecular complexity index is 1590. The average Bonchev–Trinajstić information content (AvgIpc) is 3.14. The van der Waals surface area contributed by atoms with E-state index in [0.29, 0.717) is 5.56 Å². The Balaban J connectivity index is 1.44. The number of phenolic OH excluding ortho intramolecular Hbond substituents is 4. The van der Waals surface area contributed by atoms with Gasteiger partial charge in [-0.2, -0.15) is 0 Å². The van der Waals surface area contributed by atoms with E-state index in [4.69, 9.17) is 33.2 Å². The van der Waals surface area contributed by atoms with Crippen molar-refractivity contribution in [3.63, 3.8) is 0 Å².